The summed E-state index contributed by atoms with van der Waals surface area (Å²) in [5.41, 5.74) is 2.65. The number of ether oxygens (including phenoxy) is 1. The molecule has 0 aliphatic carbocycles. The van der Waals surface area contributed by atoms with E-state index in [1.165, 1.54) is 23.5 Å². The molecule has 1 saturated heterocycles. The molecule has 0 radical (unpaired) electrons. The topological polar surface area (TPSA) is 71.8 Å². The molecule has 35 heavy (non-hydrogen) atoms. The number of aromatic nitrogens is 3. The van der Waals surface area contributed by atoms with E-state index in [1.807, 2.05) is 44.3 Å². The van der Waals surface area contributed by atoms with E-state index in [-0.39, 0.29) is 23.7 Å². The number of rotatable bonds is 7. The minimum atomic E-state index is -0.270. The molecule has 0 saturated carbocycles. The summed E-state index contributed by atoms with van der Waals surface area (Å²) >= 11 is 1.50. The summed E-state index contributed by atoms with van der Waals surface area (Å²) in [5.74, 6) is 0.543. The van der Waals surface area contributed by atoms with Gasteiger partial charge in [-0.15, -0.1) is 5.10 Å². The first-order valence-electron chi connectivity index (χ1n) is 11.8. The van der Waals surface area contributed by atoms with E-state index < -0.39 is 0 Å². The Bertz CT molecular complexity index is 1270. The highest BCUT2D eigenvalue weighted by atomic mass is 32.1. The third-order valence-corrected chi connectivity index (χ3v) is 6.98. The van der Waals surface area contributed by atoms with E-state index in [4.69, 9.17) is 9.84 Å². The summed E-state index contributed by atoms with van der Waals surface area (Å²) in [6, 6.07) is 14.1. The average molecular weight is 494 g/mol. The van der Waals surface area contributed by atoms with Gasteiger partial charge >= 0.3 is 0 Å². The van der Waals surface area contributed by atoms with Crippen LogP contribution >= 0.6 is 11.3 Å². The van der Waals surface area contributed by atoms with Crippen LogP contribution in [0.5, 0.6) is 5.75 Å². The van der Waals surface area contributed by atoms with Gasteiger partial charge in [0.1, 0.15) is 11.6 Å². The fourth-order valence-corrected chi connectivity index (χ4v) is 5.15. The summed E-state index contributed by atoms with van der Waals surface area (Å²) in [4.78, 5) is 20.5. The monoisotopic (exact) mass is 493 g/mol. The molecule has 1 aliphatic rings. The Kier molecular flexibility index (Phi) is 6.68. The van der Waals surface area contributed by atoms with Crippen LogP contribution in [0.1, 0.15) is 32.3 Å². The first-order valence-corrected chi connectivity index (χ1v) is 12.7. The first kappa shape index (κ1) is 23.3. The van der Waals surface area contributed by atoms with Crippen LogP contribution < -0.4 is 15.0 Å². The van der Waals surface area contributed by atoms with Gasteiger partial charge in [-0.3, -0.25) is 4.79 Å². The van der Waals surface area contributed by atoms with Gasteiger partial charge in [-0.1, -0.05) is 23.5 Å². The molecule has 3 heterocycles. The molecule has 0 spiro atoms. The number of nitrogens with one attached hydrogen (secondary N) is 1. The highest BCUT2D eigenvalue weighted by Gasteiger charge is 2.28. The minimum Gasteiger partial charge on any atom is -0.491 e. The number of piperidine rings is 1. The lowest BCUT2D eigenvalue weighted by atomic mass is 9.97. The zero-order valence-corrected chi connectivity index (χ0v) is 20.6. The van der Waals surface area contributed by atoms with Gasteiger partial charge in [0, 0.05) is 25.2 Å². The Morgan fingerprint density at radius 2 is 1.97 bits per heavy atom. The van der Waals surface area contributed by atoms with Crippen molar-refractivity contribution in [2.45, 2.75) is 39.3 Å². The fraction of sp³-hybridized carbons (Fsp3) is 0.346. The van der Waals surface area contributed by atoms with E-state index in [0.29, 0.717) is 13.1 Å². The standard InChI is InChI=1S/C26H28FN5O2S/c1-17(2)34-22-11-5-18(6-12-22)14-28-24(33)20-4-3-13-31(15-20)26-30-32-16-23(29-25(32)35-26)19-7-9-21(27)10-8-19/h5-12,16-17,20H,3-4,13-15H2,1-2H3,(H,28,33)/t20-/m1/s1. The molecule has 182 valence electrons. The van der Waals surface area contributed by atoms with Gasteiger partial charge in [0.2, 0.25) is 16.0 Å². The molecule has 1 N–H and O–H groups in total. The zero-order chi connectivity index (χ0) is 24.4. The van der Waals surface area contributed by atoms with Crippen LogP contribution in [0.25, 0.3) is 16.2 Å². The number of hydrogen-bond donors (Lipinski definition) is 1. The summed E-state index contributed by atoms with van der Waals surface area (Å²) in [5, 5.41) is 8.64. The van der Waals surface area contributed by atoms with Gasteiger partial charge < -0.3 is 15.0 Å². The number of carbonyl (C=O) groups excluding carboxylic acids is 1. The van der Waals surface area contributed by atoms with Crippen molar-refractivity contribution in [1.82, 2.24) is 19.9 Å². The molecule has 1 atom stereocenters. The average Bonchev–Trinajstić information content (AvgIpc) is 3.43. The number of imidazole rings is 1. The summed E-state index contributed by atoms with van der Waals surface area (Å²) in [6.45, 7) is 5.98. The van der Waals surface area contributed by atoms with Gasteiger partial charge in [0.15, 0.2) is 0 Å². The van der Waals surface area contributed by atoms with Crippen molar-refractivity contribution in [2.75, 3.05) is 18.0 Å². The van der Waals surface area contributed by atoms with Crippen LogP contribution in [0.3, 0.4) is 0 Å². The quantitative estimate of drug-likeness (QED) is 0.396. The summed E-state index contributed by atoms with van der Waals surface area (Å²) in [7, 11) is 0. The molecular weight excluding hydrogens is 465 g/mol. The number of fused-ring (bicyclic) bond motifs is 1. The Labute approximate surface area is 207 Å². The Morgan fingerprint density at radius 1 is 1.20 bits per heavy atom. The summed E-state index contributed by atoms with van der Waals surface area (Å²) in [6.07, 6.45) is 3.78. The van der Waals surface area contributed by atoms with Gasteiger partial charge in [-0.05, 0) is 68.7 Å². The number of nitrogens with zero attached hydrogens (tertiary/aromatic N) is 4. The van der Waals surface area contributed by atoms with Crippen molar-refractivity contribution in [3.8, 4) is 17.0 Å². The molecule has 2 aromatic heterocycles. The van der Waals surface area contributed by atoms with Crippen LogP contribution in [-0.4, -0.2) is 39.7 Å². The van der Waals surface area contributed by atoms with Crippen molar-refractivity contribution < 1.29 is 13.9 Å². The second kappa shape index (κ2) is 10.0. The number of amides is 1. The van der Waals surface area contributed by atoms with Crippen molar-refractivity contribution in [1.29, 1.82) is 0 Å². The van der Waals surface area contributed by atoms with E-state index in [0.717, 1.165) is 52.0 Å². The second-order valence-corrected chi connectivity index (χ2v) is 9.99. The molecule has 4 aromatic rings. The maximum absolute atomic E-state index is 13.2. The first-order chi connectivity index (χ1) is 16.9. The van der Waals surface area contributed by atoms with Crippen LogP contribution in [0.15, 0.2) is 54.7 Å². The highest BCUT2D eigenvalue weighted by Crippen LogP contribution is 2.30. The van der Waals surface area contributed by atoms with Crippen LogP contribution in [0.4, 0.5) is 9.52 Å². The molecule has 0 unspecified atom stereocenters. The largest absolute Gasteiger partial charge is 0.491 e. The summed E-state index contributed by atoms with van der Waals surface area (Å²) < 4.78 is 20.6. The number of anilines is 1. The van der Waals surface area contributed by atoms with Crippen LogP contribution in [0, 0.1) is 11.7 Å². The fourth-order valence-electron chi connectivity index (χ4n) is 4.23. The van der Waals surface area contributed by atoms with Gasteiger partial charge in [0.05, 0.1) is 23.9 Å². The lowest BCUT2D eigenvalue weighted by Crippen LogP contribution is -2.43. The van der Waals surface area contributed by atoms with E-state index in [2.05, 4.69) is 15.2 Å². The van der Waals surface area contributed by atoms with Gasteiger partial charge in [-0.2, -0.15) is 0 Å². The molecule has 0 bridgehead atoms. The molecule has 1 aliphatic heterocycles. The molecule has 7 nitrogen and oxygen atoms in total. The zero-order valence-electron chi connectivity index (χ0n) is 19.8. The maximum atomic E-state index is 13.2. The third-order valence-electron chi connectivity index (χ3n) is 6.00. The predicted molar refractivity (Wildman–Crippen MR) is 135 cm³/mol. The highest BCUT2D eigenvalue weighted by molar-refractivity contribution is 7.20. The predicted octanol–water partition coefficient (Wildman–Crippen LogP) is 4.92. The SMILES string of the molecule is CC(C)Oc1ccc(CNC(=O)[C@@H]2CCCN(c3nn4cc(-c5ccc(F)cc5)nc4s3)C2)cc1. The number of hydrogen-bond acceptors (Lipinski definition) is 6. The molecule has 1 fully saturated rings. The minimum absolute atomic E-state index is 0.0668. The van der Waals surface area contributed by atoms with Crippen LogP contribution in [0.2, 0.25) is 0 Å². The molecular formula is C26H28FN5O2S. The van der Waals surface area contributed by atoms with Crippen molar-refractivity contribution >= 4 is 27.3 Å². The molecule has 2 aromatic carbocycles. The second-order valence-electron chi connectivity index (χ2n) is 9.06. The van der Waals surface area contributed by atoms with Crippen molar-refractivity contribution in [3.05, 3.63) is 66.1 Å². The van der Waals surface area contributed by atoms with E-state index in [9.17, 15) is 9.18 Å². The lowest BCUT2D eigenvalue weighted by molar-refractivity contribution is -0.125. The van der Waals surface area contributed by atoms with Crippen molar-refractivity contribution in [3.63, 3.8) is 0 Å². The smallest absolute Gasteiger partial charge is 0.225 e. The lowest BCUT2D eigenvalue weighted by Gasteiger charge is -2.31. The molecule has 9 heteroatoms. The third kappa shape index (κ3) is 5.45. The number of halogens is 1. The normalized spacial score (nSPS) is 16.1. The van der Waals surface area contributed by atoms with Gasteiger partial charge in [0.25, 0.3) is 0 Å². The van der Waals surface area contributed by atoms with Crippen molar-refractivity contribution in [2.24, 2.45) is 5.92 Å². The number of carbonyl (C=O) groups is 1. The van der Waals surface area contributed by atoms with E-state index >= 15 is 0 Å². The van der Waals surface area contributed by atoms with E-state index in [1.54, 1.807) is 16.6 Å². The number of benzene rings is 2. The Morgan fingerprint density at radius 3 is 2.69 bits per heavy atom. The maximum Gasteiger partial charge on any atom is 0.225 e. The molecule has 1 amide bonds. The van der Waals surface area contributed by atoms with Gasteiger partial charge in [-0.25, -0.2) is 13.9 Å². The Hall–Kier alpha value is -3.46. The van der Waals surface area contributed by atoms with Crippen LogP contribution in [-0.2, 0) is 11.3 Å². The Balaban J connectivity index is 1.19. The molecule has 5 rings (SSSR count).